The first-order chi connectivity index (χ1) is 51.3. The van der Waals surface area contributed by atoms with E-state index in [1.165, 1.54) is 96.3 Å². The molecule has 3 fully saturated rings. The van der Waals surface area contributed by atoms with Gasteiger partial charge in [0.25, 0.3) is 0 Å². The summed E-state index contributed by atoms with van der Waals surface area (Å²) in [4.78, 5) is 13.5. The number of unbranched alkanes of at least 4 members (excludes halogenated alkanes) is 21. The maximum atomic E-state index is 13.5. The molecule has 3 rings (SSSR count). The van der Waals surface area contributed by atoms with Gasteiger partial charge in [-0.05, 0) is 122 Å². The first-order valence-corrected chi connectivity index (χ1v) is 40.2. The molecule has 0 spiro atoms. The van der Waals surface area contributed by atoms with E-state index >= 15 is 0 Å². The number of nitrogens with one attached hydrogen (secondary N) is 1. The number of hydrogen-bond donors (Lipinski definition) is 12. The second kappa shape index (κ2) is 64.3. The number of aliphatic hydroxyl groups is 11. The van der Waals surface area contributed by atoms with Crippen LogP contribution < -0.4 is 5.32 Å². The maximum Gasteiger partial charge on any atom is 0.220 e. The number of amides is 1. The molecule has 3 aliphatic heterocycles. The Morgan fingerprint density at radius 1 is 0.352 bits per heavy atom. The number of carbonyl (C=O) groups excluding carboxylic acids is 1. The van der Waals surface area contributed by atoms with Gasteiger partial charge in [-0.1, -0.05) is 275 Å². The highest BCUT2D eigenvalue weighted by Crippen LogP contribution is 2.33. The van der Waals surface area contributed by atoms with E-state index < -0.39 is 131 Å². The number of aliphatic hydroxyl groups excluding tert-OH is 11. The Morgan fingerprint density at radius 3 is 1.07 bits per heavy atom. The van der Waals surface area contributed by atoms with Crippen LogP contribution in [0, 0.1) is 0 Å². The Labute approximate surface area is 631 Å². The van der Waals surface area contributed by atoms with Crippen molar-refractivity contribution in [3.63, 3.8) is 0 Å². The number of hydrogen-bond acceptors (Lipinski definition) is 18. The Bertz CT molecular complexity index is 2520. The molecule has 0 aliphatic carbocycles. The number of rotatable bonds is 61. The third-order valence-corrected chi connectivity index (χ3v) is 18.8. The van der Waals surface area contributed by atoms with Crippen molar-refractivity contribution in [3.8, 4) is 0 Å². The Hall–Kier alpha value is -4.59. The van der Waals surface area contributed by atoms with Crippen LogP contribution in [-0.2, 0) is 33.2 Å². The first kappa shape index (κ1) is 94.6. The molecule has 0 saturated carbocycles. The molecule has 3 heterocycles. The van der Waals surface area contributed by atoms with Crippen molar-refractivity contribution in [1.82, 2.24) is 5.32 Å². The van der Waals surface area contributed by atoms with E-state index in [1.54, 1.807) is 6.08 Å². The molecule has 17 unspecified atom stereocenters. The van der Waals surface area contributed by atoms with Crippen molar-refractivity contribution in [2.45, 2.75) is 349 Å². The Balaban J connectivity index is 1.41. The SMILES string of the molecule is CC/C=C\C/C=C\C/C=C\C/C=C\C/C=C\C/C=C\C/C=C\C/C=C\C/C=C\C/C=C\CCCCCCC(=O)NC(COC1OC(CO)C(OC2OC(CO)C(OC3OC(CO)C(O)C(O)C3O)C(O)C2O)C(O)C1O)C(O)/C=C/CC/C=C/CC/C=C/CCCCCCCCCCCCCCCCC. The first-order valence-electron chi connectivity index (χ1n) is 40.2. The van der Waals surface area contributed by atoms with Crippen LogP contribution >= 0.6 is 0 Å². The van der Waals surface area contributed by atoms with Crippen molar-refractivity contribution in [3.05, 3.63) is 158 Å². The molecule has 1 amide bonds. The molecule has 0 aromatic rings. The maximum absolute atomic E-state index is 13.5. The average Bonchev–Trinajstić information content (AvgIpc) is 0.781. The minimum absolute atomic E-state index is 0.191. The lowest BCUT2D eigenvalue weighted by Gasteiger charge is -2.48. The van der Waals surface area contributed by atoms with Gasteiger partial charge in [-0.3, -0.25) is 4.79 Å². The summed E-state index contributed by atoms with van der Waals surface area (Å²) in [5, 5.41) is 121. The molecule has 0 aromatic heterocycles. The number of carbonyl (C=O) groups is 1. The van der Waals surface area contributed by atoms with Gasteiger partial charge in [0.05, 0.1) is 38.6 Å². The Kier molecular flexibility index (Phi) is 57.9. The topological polar surface area (TPSA) is 307 Å². The molecule has 3 saturated heterocycles. The van der Waals surface area contributed by atoms with Crippen LogP contribution in [0.15, 0.2) is 158 Å². The molecule has 19 nitrogen and oxygen atoms in total. The fraction of sp³-hybridized carbons (Fsp3) is 0.686. The molecule has 12 N–H and O–H groups in total. The van der Waals surface area contributed by atoms with E-state index in [1.807, 2.05) is 6.08 Å². The summed E-state index contributed by atoms with van der Waals surface area (Å²) in [6.45, 7) is 1.57. The van der Waals surface area contributed by atoms with Crippen LogP contribution in [-0.4, -0.2) is 193 Å². The molecule has 3 aliphatic rings. The molecule has 19 heteroatoms. The van der Waals surface area contributed by atoms with Crippen molar-refractivity contribution >= 4 is 5.91 Å². The second-order valence-electron chi connectivity index (χ2n) is 27.8. The highest BCUT2D eigenvalue weighted by molar-refractivity contribution is 5.76. The molecule has 598 valence electrons. The summed E-state index contributed by atoms with van der Waals surface area (Å²) in [7, 11) is 0. The molecule has 0 aromatic carbocycles. The van der Waals surface area contributed by atoms with Gasteiger partial charge >= 0.3 is 0 Å². The summed E-state index contributed by atoms with van der Waals surface area (Å²) >= 11 is 0. The number of ether oxygens (including phenoxy) is 6. The Morgan fingerprint density at radius 2 is 0.667 bits per heavy atom. The van der Waals surface area contributed by atoms with Gasteiger partial charge in [0.2, 0.25) is 5.91 Å². The van der Waals surface area contributed by atoms with Crippen molar-refractivity contribution in [2.75, 3.05) is 26.4 Å². The van der Waals surface area contributed by atoms with E-state index in [4.69, 9.17) is 28.4 Å². The van der Waals surface area contributed by atoms with Gasteiger partial charge in [-0.25, -0.2) is 0 Å². The summed E-state index contributed by atoms with van der Waals surface area (Å²) in [5.41, 5.74) is 0. The van der Waals surface area contributed by atoms with E-state index in [9.17, 15) is 61.0 Å². The summed E-state index contributed by atoms with van der Waals surface area (Å²) in [6.07, 6.45) is 67.9. The zero-order valence-electron chi connectivity index (χ0n) is 63.9. The third kappa shape index (κ3) is 44.0. The number of allylic oxidation sites excluding steroid dienone is 25. The standard InChI is InChI=1S/C86H141NO18/c1-3-5-7-9-11-13-15-17-19-21-23-25-27-29-30-31-32-33-34-35-36-37-38-40-42-44-46-48-50-52-54-56-58-60-62-64-74(92)87-69(70(91)63-61-59-57-55-53-51-49-47-45-43-41-39-28-26-24-22-20-18-16-14-12-10-8-6-4-2)68-100-84-80(98)77(95)82(72(66-89)102-84)105-86-81(99)78(96)83(73(67-90)103-86)104-85-79(97)76(94)75(93)71(65-88)101-85/h5,7,11,13,17,19,23,25,29-30,32-33,35-36,38,40,44-47,50,52-53,55,61,63,69-73,75-86,88-91,93-99H,3-4,6,8-10,12,14-16,18,20-22,24,26-28,31,34,37,39,41-43,48-49,51,54,56-60,62,64-68H2,1-2H3,(H,87,92)/b7-5-,13-11-,19-17-,25-23-,30-29-,33-32-,36-35-,40-38-,46-44-,47-45+,52-50-,55-53+,63-61+. The van der Waals surface area contributed by atoms with E-state index in [2.05, 4.69) is 165 Å². The van der Waals surface area contributed by atoms with Gasteiger partial charge in [0.15, 0.2) is 18.9 Å². The lowest BCUT2D eigenvalue weighted by molar-refractivity contribution is -0.379. The normalized spacial score (nSPS) is 26.7. The molecular formula is C86H141NO18. The van der Waals surface area contributed by atoms with E-state index in [0.29, 0.717) is 12.8 Å². The van der Waals surface area contributed by atoms with Crippen molar-refractivity contribution in [1.29, 1.82) is 0 Å². The van der Waals surface area contributed by atoms with Crippen LogP contribution in [0.2, 0.25) is 0 Å². The fourth-order valence-electron chi connectivity index (χ4n) is 12.4. The van der Waals surface area contributed by atoms with Crippen molar-refractivity contribution < 1.29 is 89.4 Å². The zero-order valence-corrected chi connectivity index (χ0v) is 63.9. The van der Waals surface area contributed by atoms with Gasteiger partial charge in [0, 0.05) is 6.42 Å². The van der Waals surface area contributed by atoms with E-state index in [-0.39, 0.29) is 12.3 Å². The molecule has 17 atom stereocenters. The highest BCUT2D eigenvalue weighted by Gasteiger charge is 2.54. The zero-order chi connectivity index (χ0) is 76.0. The second-order valence-corrected chi connectivity index (χ2v) is 27.8. The lowest BCUT2D eigenvalue weighted by atomic mass is 9.96. The minimum Gasteiger partial charge on any atom is -0.394 e. The molecule has 105 heavy (non-hydrogen) atoms. The largest absolute Gasteiger partial charge is 0.394 e. The van der Waals surface area contributed by atoms with Gasteiger partial charge in [-0.2, -0.15) is 0 Å². The van der Waals surface area contributed by atoms with Gasteiger partial charge < -0.3 is 89.9 Å². The van der Waals surface area contributed by atoms with Crippen LogP contribution in [0.5, 0.6) is 0 Å². The molecule has 0 radical (unpaired) electrons. The van der Waals surface area contributed by atoms with Crippen LogP contribution in [0.4, 0.5) is 0 Å². The van der Waals surface area contributed by atoms with E-state index in [0.717, 1.165) is 116 Å². The van der Waals surface area contributed by atoms with Crippen LogP contribution in [0.1, 0.15) is 245 Å². The summed E-state index contributed by atoms with van der Waals surface area (Å²) < 4.78 is 34.4. The van der Waals surface area contributed by atoms with Gasteiger partial charge in [-0.15, -0.1) is 0 Å². The predicted octanol–water partition coefficient (Wildman–Crippen LogP) is 13.6. The fourth-order valence-corrected chi connectivity index (χ4v) is 12.4. The van der Waals surface area contributed by atoms with Crippen molar-refractivity contribution in [2.24, 2.45) is 0 Å². The monoisotopic (exact) mass is 1480 g/mol. The van der Waals surface area contributed by atoms with Gasteiger partial charge in [0.1, 0.15) is 73.2 Å². The van der Waals surface area contributed by atoms with Crippen LogP contribution in [0.3, 0.4) is 0 Å². The average molecular weight is 1480 g/mol. The summed E-state index contributed by atoms with van der Waals surface area (Å²) in [5.74, 6) is -0.320. The third-order valence-electron chi connectivity index (χ3n) is 18.8. The smallest absolute Gasteiger partial charge is 0.220 e. The quantitative estimate of drug-likeness (QED) is 0.0199. The predicted molar refractivity (Wildman–Crippen MR) is 419 cm³/mol. The summed E-state index contributed by atoms with van der Waals surface area (Å²) in [6, 6.07) is -1.02. The van der Waals surface area contributed by atoms with Crippen LogP contribution in [0.25, 0.3) is 0 Å². The highest BCUT2D eigenvalue weighted by atomic mass is 16.8. The minimum atomic E-state index is -1.99. The lowest BCUT2D eigenvalue weighted by Crippen LogP contribution is -2.66. The molecule has 0 bridgehead atoms. The molecular weight excluding hydrogens is 1330 g/mol.